The largest absolute Gasteiger partial charge is 0.504 e. The van der Waals surface area contributed by atoms with Crippen molar-refractivity contribution in [1.29, 1.82) is 0 Å². The highest BCUT2D eigenvalue weighted by Gasteiger charge is 2.36. The first-order valence-electron chi connectivity index (χ1n) is 12.0. The minimum absolute atomic E-state index is 0.0240. The molecule has 1 aliphatic rings. The zero-order valence-electron chi connectivity index (χ0n) is 21.2. The Labute approximate surface area is 210 Å². The normalized spacial score (nSPS) is 15.9. The van der Waals surface area contributed by atoms with Gasteiger partial charge in [0.2, 0.25) is 5.82 Å². The van der Waals surface area contributed by atoms with Crippen molar-refractivity contribution in [3.63, 3.8) is 0 Å². The predicted octanol–water partition coefficient (Wildman–Crippen LogP) is 5.39. The maximum atomic E-state index is 13.1. The number of benzene rings is 2. The van der Waals surface area contributed by atoms with Crippen molar-refractivity contribution >= 4 is 11.6 Å². The first kappa shape index (κ1) is 25.1. The average molecular weight is 493 g/mol. The molecular weight excluding hydrogens is 460 g/mol. The highest BCUT2D eigenvalue weighted by atomic mass is 16.5. The van der Waals surface area contributed by atoms with Gasteiger partial charge >= 0.3 is 6.03 Å². The van der Waals surface area contributed by atoms with Crippen molar-refractivity contribution in [2.45, 2.75) is 40.2 Å². The Morgan fingerprint density at radius 3 is 2.58 bits per heavy atom. The molecule has 9 heteroatoms. The number of methoxy groups -OCH3 is 1. The number of nitrogens with zero attached hydrogens (tertiary/aromatic N) is 3. The molecule has 0 spiro atoms. The monoisotopic (exact) mass is 492 g/mol. The molecule has 0 saturated heterocycles. The zero-order valence-corrected chi connectivity index (χ0v) is 21.2. The van der Waals surface area contributed by atoms with Crippen LogP contribution in [0.4, 0.5) is 4.79 Å². The summed E-state index contributed by atoms with van der Waals surface area (Å²) in [6.45, 7) is 9.19. The van der Waals surface area contributed by atoms with Gasteiger partial charge in [-0.25, -0.2) is 4.79 Å². The number of phenols is 1. The van der Waals surface area contributed by atoms with Gasteiger partial charge in [0.15, 0.2) is 11.5 Å². The number of urea groups is 1. The SMILES string of the molecule is CCOc1ccc(-c2noc(C3=C(C)N(CCC(C)C)C(=O)NC3c3ccc(OC)c(O)c3)n2)cc1. The van der Waals surface area contributed by atoms with Crippen LogP contribution in [-0.4, -0.2) is 46.4 Å². The Hall–Kier alpha value is -4.01. The molecule has 1 unspecified atom stereocenters. The Balaban J connectivity index is 1.76. The van der Waals surface area contributed by atoms with Gasteiger partial charge in [-0.2, -0.15) is 4.98 Å². The third-order valence-corrected chi connectivity index (χ3v) is 6.14. The summed E-state index contributed by atoms with van der Waals surface area (Å²) in [4.78, 5) is 19.5. The van der Waals surface area contributed by atoms with Gasteiger partial charge in [-0.3, -0.25) is 4.90 Å². The third kappa shape index (κ3) is 5.15. The van der Waals surface area contributed by atoms with Crippen LogP contribution in [0.2, 0.25) is 0 Å². The summed E-state index contributed by atoms with van der Waals surface area (Å²) in [5, 5.41) is 17.7. The Morgan fingerprint density at radius 2 is 1.94 bits per heavy atom. The number of aromatic nitrogens is 2. The molecular formula is C27H32N4O5. The van der Waals surface area contributed by atoms with Crippen molar-refractivity contribution in [3.05, 3.63) is 59.6 Å². The van der Waals surface area contributed by atoms with Gasteiger partial charge in [-0.15, -0.1) is 0 Å². The highest BCUT2D eigenvalue weighted by Crippen LogP contribution is 2.40. The number of carbonyl (C=O) groups excluding carboxylic acids is 1. The predicted molar refractivity (Wildman–Crippen MR) is 136 cm³/mol. The van der Waals surface area contributed by atoms with E-state index in [2.05, 4.69) is 29.3 Å². The van der Waals surface area contributed by atoms with Crippen LogP contribution < -0.4 is 14.8 Å². The van der Waals surface area contributed by atoms with E-state index in [4.69, 9.17) is 14.0 Å². The van der Waals surface area contributed by atoms with Crippen LogP contribution in [0, 0.1) is 5.92 Å². The van der Waals surface area contributed by atoms with E-state index in [1.807, 2.05) is 38.1 Å². The topological polar surface area (TPSA) is 110 Å². The number of phenolic OH excluding ortho intramolecular Hbond substituents is 1. The first-order valence-corrected chi connectivity index (χ1v) is 12.0. The fourth-order valence-electron chi connectivity index (χ4n) is 4.17. The summed E-state index contributed by atoms with van der Waals surface area (Å²) in [6.07, 6.45) is 0.841. The van der Waals surface area contributed by atoms with Crippen LogP contribution in [-0.2, 0) is 0 Å². The second-order valence-corrected chi connectivity index (χ2v) is 9.03. The van der Waals surface area contributed by atoms with Crippen molar-refractivity contribution in [1.82, 2.24) is 20.4 Å². The number of nitrogens with one attached hydrogen (secondary N) is 1. The molecule has 0 saturated carbocycles. The second kappa shape index (κ2) is 10.7. The fraction of sp³-hybridized carbons (Fsp3) is 0.370. The molecule has 4 rings (SSSR count). The van der Waals surface area contributed by atoms with E-state index in [1.54, 1.807) is 23.1 Å². The standard InChI is InChI=1S/C27H32N4O5/c1-6-35-20-10-7-18(8-11-20)25-29-26(36-30-25)23-17(4)31(14-13-16(2)3)27(33)28-24(23)19-9-12-22(34-5)21(32)15-19/h7-12,15-16,24,32H,6,13-14H2,1-5H3,(H,28,33). The van der Waals surface area contributed by atoms with E-state index >= 15 is 0 Å². The molecule has 190 valence electrons. The summed E-state index contributed by atoms with van der Waals surface area (Å²) in [5.41, 5.74) is 2.84. The van der Waals surface area contributed by atoms with Crippen LogP contribution in [0.25, 0.3) is 17.0 Å². The molecule has 1 aromatic heterocycles. The maximum absolute atomic E-state index is 13.1. The molecule has 2 amide bonds. The lowest BCUT2D eigenvalue weighted by molar-refractivity contribution is 0.202. The number of carbonyl (C=O) groups is 1. The number of hydrogen-bond acceptors (Lipinski definition) is 7. The van der Waals surface area contributed by atoms with Crippen molar-refractivity contribution in [2.75, 3.05) is 20.3 Å². The number of rotatable bonds is 9. The van der Waals surface area contributed by atoms with Gasteiger partial charge in [-0.05, 0) is 68.1 Å². The van der Waals surface area contributed by atoms with Gasteiger partial charge < -0.3 is 24.4 Å². The van der Waals surface area contributed by atoms with E-state index in [9.17, 15) is 9.90 Å². The zero-order chi connectivity index (χ0) is 25.8. The molecule has 2 aromatic carbocycles. The van der Waals surface area contributed by atoms with Crippen LogP contribution in [0.15, 0.2) is 52.7 Å². The molecule has 0 bridgehead atoms. The van der Waals surface area contributed by atoms with Crippen molar-refractivity contribution in [2.24, 2.45) is 5.92 Å². The third-order valence-electron chi connectivity index (χ3n) is 6.14. The number of allylic oxidation sites excluding steroid dienone is 1. The van der Waals surface area contributed by atoms with Gasteiger partial charge in [0.1, 0.15) is 5.75 Å². The number of amides is 2. The molecule has 2 N–H and O–H groups in total. The summed E-state index contributed by atoms with van der Waals surface area (Å²) >= 11 is 0. The van der Waals surface area contributed by atoms with Gasteiger partial charge in [0, 0.05) is 17.8 Å². The molecule has 0 radical (unpaired) electrons. The van der Waals surface area contributed by atoms with E-state index in [0.29, 0.717) is 47.7 Å². The Bertz CT molecular complexity index is 1250. The summed E-state index contributed by atoms with van der Waals surface area (Å²) in [6, 6.07) is 11.7. The molecule has 9 nitrogen and oxygen atoms in total. The molecule has 2 heterocycles. The van der Waals surface area contributed by atoms with Gasteiger partial charge in [-0.1, -0.05) is 25.1 Å². The van der Waals surface area contributed by atoms with Crippen LogP contribution in [0.3, 0.4) is 0 Å². The fourth-order valence-corrected chi connectivity index (χ4v) is 4.17. The average Bonchev–Trinajstić information content (AvgIpc) is 3.33. The smallest absolute Gasteiger partial charge is 0.322 e. The summed E-state index contributed by atoms with van der Waals surface area (Å²) in [7, 11) is 1.49. The van der Waals surface area contributed by atoms with E-state index < -0.39 is 6.04 Å². The molecule has 36 heavy (non-hydrogen) atoms. The number of aromatic hydroxyl groups is 1. The molecule has 1 aliphatic heterocycles. The Morgan fingerprint density at radius 1 is 1.19 bits per heavy atom. The van der Waals surface area contributed by atoms with Crippen molar-refractivity contribution < 1.29 is 23.9 Å². The lowest BCUT2D eigenvalue weighted by Crippen LogP contribution is -2.46. The number of ether oxygens (including phenoxy) is 2. The van der Waals surface area contributed by atoms with E-state index in [-0.39, 0.29) is 11.8 Å². The summed E-state index contributed by atoms with van der Waals surface area (Å²) < 4.78 is 16.4. The first-order chi connectivity index (χ1) is 17.3. The van der Waals surface area contributed by atoms with Gasteiger partial charge in [0.25, 0.3) is 5.89 Å². The highest BCUT2D eigenvalue weighted by molar-refractivity contribution is 5.87. The van der Waals surface area contributed by atoms with Crippen LogP contribution >= 0.6 is 0 Å². The van der Waals surface area contributed by atoms with Gasteiger partial charge in [0.05, 0.1) is 25.3 Å². The van der Waals surface area contributed by atoms with Crippen molar-refractivity contribution in [3.8, 4) is 28.6 Å². The summed E-state index contributed by atoms with van der Waals surface area (Å²) in [5.74, 6) is 2.24. The quantitative estimate of drug-likeness (QED) is 0.412. The van der Waals surface area contributed by atoms with Crippen LogP contribution in [0.5, 0.6) is 17.2 Å². The van der Waals surface area contributed by atoms with E-state index in [0.717, 1.165) is 23.4 Å². The van der Waals surface area contributed by atoms with Crippen LogP contribution in [0.1, 0.15) is 51.6 Å². The molecule has 0 aliphatic carbocycles. The number of hydrogen-bond donors (Lipinski definition) is 2. The lowest BCUT2D eigenvalue weighted by atomic mass is 9.94. The minimum Gasteiger partial charge on any atom is -0.504 e. The molecule has 3 aromatic rings. The Kier molecular flexibility index (Phi) is 7.47. The molecule has 1 atom stereocenters. The minimum atomic E-state index is -0.599. The van der Waals surface area contributed by atoms with E-state index in [1.165, 1.54) is 7.11 Å². The second-order valence-electron chi connectivity index (χ2n) is 9.03. The molecule has 0 fully saturated rings. The lowest BCUT2D eigenvalue weighted by Gasteiger charge is -2.35. The maximum Gasteiger partial charge on any atom is 0.322 e.